The average molecular weight is 397 g/mol. The molecule has 0 saturated carbocycles. The molecule has 0 saturated heterocycles. The van der Waals surface area contributed by atoms with Gasteiger partial charge in [-0.25, -0.2) is 0 Å². The van der Waals surface area contributed by atoms with Crippen LogP contribution in [0, 0.1) is 0 Å². The molecule has 0 atom stereocenters. The summed E-state index contributed by atoms with van der Waals surface area (Å²) in [5.41, 5.74) is 2.92. The summed E-state index contributed by atoms with van der Waals surface area (Å²) in [7, 11) is 4.12. The van der Waals surface area contributed by atoms with Crippen LogP contribution in [0.25, 0.3) is 6.08 Å². The first-order chi connectivity index (χ1) is 14.0. The predicted octanol–water partition coefficient (Wildman–Crippen LogP) is 4.63. The second-order valence-corrected chi connectivity index (χ2v) is 7.06. The van der Waals surface area contributed by atoms with Crippen molar-refractivity contribution in [2.75, 3.05) is 39.2 Å². The number of rotatable bonds is 11. The number of nitrogens with zero attached hydrogens (tertiary/aromatic N) is 1. The normalized spacial score (nSPS) is 11.1. The lowest BCUT2D eigenvalue weighted by atomic mass is 10.1. The van der Waals surface area contributed by atoms with Crippen LogP contribution in [0.3, 0.4) is 0 Å². The average Bonchev–Trinajstić information content (AvgIpc) is 2.71. The zero-order valence-corrected chi connectivity index (χ0v) is 17.9. The van der Waals surface area contributed by atoms with Crippen molar-refractivity contribution in [3.05, 3.63) is 59.7 Å². The lowest BCUT2D eigenvalue weighted by Gasteiger charge is -2.12. The van der Waals surface area contributed by atoms with E-state index in [0.29, 0.717) is 19.0 Å². The van der Waals surface area contributed by atoms with Crippen LogP contribution in [0.4, 0.5) is 5.69 Å². The van der Waals surface area contributed by atoms with Crippen LogP contribution in [0.1, 0.15) is 31.4 Å². The second kappa shape index (κ2) is 11.9. The Labute approximate surface area is 174 Å². The molecule has 5 nitrogen and oxygen atoms in total. The third-order valence-electron chi connectivity index (χ3n) is 4.23. The van der Waals surface area contributed by atoms with Crippen molar-refractivity contribution in [1.82, 2.24) is 4.90 Å². The molecule has 0 fully saturated rings. The molecule has 156 valence electrons. The van der Waals surface area contributed by atoms with Gasteiger partial charge in [-0.1, -0.05) is 25.1 Å². The van der Waals surface area contributed by atoms with Crippen molar-refractivity contribution in [2.45, 2.75) is 26.7 Å². The van der Waals surface area contributed by atoms with Crippen LogP contribution < -0.4 is 14.8 Å². The number of likely N-dealkylation sites (N-methyl/N-ethyl adjacent to an activating group) is 1. The Morgan fingerprint density at radius 1 is 1.03 bits per heavy atom. The molecule has 29 heavy (non-hydrogen) atoms. The fraction of sp³-hybridized carbons (Fsp3) is 0.375. The molecular formula is C24H32N2O3. The van der Waals surface area contributed by atoms with Gasteiger partial charge in [0.2, 0.25) is 5.91 Å². The van der Waals surface area contributed by atoms with Crippen LogP contribution in [0.5, 0.6) is 11.5 Å². The molecule has 0 bridgehead atoms. The van der Waals surface area contributed by atoms with E-state index in [-0.39, 0.29) is 5.91 Å². The highest BCUT2D eigenvalue weighted by Gasteiger charge is 2.06. The van der Waals surface area contributed by atoms with E-state index in [1.54, 1.807) is 6.08 Å². The molecule has 2 aromatic carbocycles. The fourth-order valence-corrected chi connectivity index (χ4v) is 2.69. The van der Waals surface area contributed by atoms with Crippen LogP contribution in [0.15, 0.2) is 48.5 Å². The zero-order chi connectivity index (χ0) is 21.1. The summed E-state index contributed by atoms with van der Waals surface area (Å²) >= 11 is 0. The number of amides is 1. The minimum absolute atomic E-state index is 0.171. The number of hydrogen-bond donors (Lipinski definition) is 1. The zero-order valence-electron chi connectivity index (χ0n) is 17.9. The first-order valence-corrected chi connectivity index (χ1v) is 10.1. The lowest BCUT2D eigenvalue weighted by Crippen LogP contribution is -2.15. The molecule has 2 rings (SSSR count). The molecule has 0 unspecified atom stereocenters. The molecule has 0 aliphatic rings. The van der Waals surface area contributed by atoms with Crippen LogP contribution >= 0.6 is 0 Å². The van der Waals surface area contributed by atoms with Gasteiger partial charge >= 0.3 is 0 Å². The molecule has 1 amide bonds. The SMILES string of the molecule is CCCOc1ccc(/C=C/C(=O)Nc2ccc(CCN(C)C)cc2)cc1OCC. The highest BCUT2D eigenvalue weighted by molar-refractivity contribution is 6.01. The number of anilines is 1. The maximum atomic E-state index is 12.2. The van der Waals surface area contributed by atoms with E-state index in [9.17, 15) is 4.79 Å². The van der Waals surface area contributed by atoms with Crippen molar-refractivity contribution in [3.8, 4) is 11.5 Å². The number of ether oxygens (including phenoxy) is 2. The van der Waals surface area contributed by atoms with Crippen molar-refractivity contribution in [2.24, 2.45) is 0 Å². The van der Waals surface area contributed by atoms with Crippen LogP contribution in [-0.2, 0) is 11.2 Å². The minimum Gasteiger partial charge on any atom is -0.490 e. The maximum absolute atomic E-state index is 12.2. The Bertz CT molecular complexity index is 798. The quantitative estimate of drug-likeness (QED) is 0.563. The van der Waals surface area contributed by atoms with Crippen molar-refractivity contribution in [3.63, 3.8) is 0 Å². The number of nitrogens with one attached hydrogen (secondary N) is 1. The number of carbonyl (C=O) groups is 1. The van der Waals surface area contributed by atoms with Gasteiger partial charge in [0.05, 0.1) is 13.2 Å². The third-order valence-corrected chi connectivity index (χ3v) is 4.23. The molecule has 1 N–H and O–H groups in total. The van der Waals surface area contributed by atoms with Gasteiger partial charge in [-0.15, -0.1) is 0 Å². The summed E-state index contributed by atoms with van der Waals surface area (Å²) in [6.45, 7) is 6.20. The third kappa shape index (κ3) is 8.00. The molecule has 0 aromatic heterocycles. The second-order valence-electron chi connectivity index (χ2n) is 7.06. The standard InChI is InChI=1S/C24H32N2O3/c1-5-17-29-22-13-9-20(18-23(22)28-6-2)10-14-24(27)25-21-11-7-19(8-12-21)15-16-26(3)4/h7-14,18H,5-6,15-17H2,1-4H3,(H,25,27)/b14-10+. The van der Waals surface area contributed by atoms with E-state index in [1.165, 1.54) is 11.6 Å². The van der Waals surface area contributed by atoms with E-state index in [0.717, 1.165) is 36.4 Å². The smallest absolute Gasteiger partial charge is 0.248 e. The molecule has 0 heterocycles. The predicted molar refractivity (Wildman–Crippen MR) is 120 cm³/mol. The van der Waals surface area contributed by atoms with E-state index in [4.69, 9.17) is 9.47 Å². The molecule has 2 aromatic rings. The van der Waals surface area contributed by atoms with Gasteiger partial charge in [0.15, 0.2) is 11.5 Å². The Kier molecular flexibility index (Phi) is 9.25. The molecule has 0 radical (unpaired) electrons. The van der Waals surface area contributed by atoms with Crippen LogP contribution in [-0.4, -0.2) is 44.7 Å². The topological polar surface area (TPSA) is 50.8 Å². The van der Waals surface area contributed by atoms with Crippen molar-refractivity contribution < 1.29 is 14.3 Å². The minimum atomic E-state index is -0.171. The summed E-state index contributed by atoms with van der Waals surface area (Å²) in [6.07, 6.45) is 5.22. The van der Waals surface area contributed by atoms with Crippen molar-refractivity contribution >= 4 is 17.7 Å². The molecule has 0 spiro atoms. The first-order valence-electron chi connectivity index (χ1n) is 10.1. The summed E-state index contributed by atoms with van der Waals surface area (Å²) in [4.78, 5) is 14.4. The van der Waals surface area contributed by atoms with Gasteiger partial charge in [-0.05, 0) is 75.3 Å². The Morgan fingerprint density at radius 2 is 1.79 bits per heavy atom. The first kappa shape index (κ1) is 22.5. The fourth-order valence-electron chi connectivity index (χ4n) is 2.69. The van der Waals surface area contributed by atoms with E-state index in [1.807, 2.05) is 49.4 Å². The summed E-state index contributed by atoms with van der Waals surface area (Å²) < 4.78 is 11.4. The van der Waals surface area contributed by atoms with Gasteiger partial charge in [0.25, 0.3) is 0 Å². The lowest BCUT2D eigenvalue weighted by molar-refractivity contribution is -0.111. The number of benzene rings is 2. The van der Waals surface area contributed by atoms with E-state index >= 15 is 0 Å². The molecule has 0 aliphatic heterocycles. The highest BCUT2D eigenvalue weighted by Crippen LogP contribution is 2.29. The molecule has 0 aliphatic carbocycles. The van der Waals surface area contributed by atoms with E-state index in [2.05, 4.69) is 31.2 Å². The van der Waals surface area contributed by atoms with Gasteiger partial charge in [0.1, 0.15) is 0 Å². The Morgan fingerprint density at radius 3 is 2.45 bits per heavy atom. The Balaban J connectivity index is 1.96. The van der Waals surface area contributed by atoms with Crippen molar-refractivity contribution in [1.29, 1.82) is 0 Å². The van der Waals surface area contributed by atoms with E-state index < -0.39 is 0 Å². The number of hydrogen-bond acceptors (Lipinski definition) is 4. The summed E-state index contributed by atoms with van der Waals surface area (Å²) in [6, 6.07) is 13.6. The maximum Gasteiger partial charge on any atom is 0.248 e. The molecule has 5 heteroatoms. The van der Waals surface area contributed by atoms with Gasteiger partial charge in [0, 0.05) is 18.3 Å². The summed E-state index contributed by atoms with van der Waals surface area (Å²) in [5, 5.41) is 2.89. The van der Waals surface area contributed by atoms with Gasteiger partial charge < -0.3 is 19.7 Å². The monoisotopic (exact) mass is 396 g/mol. The Hall–Kier alpha value is -2.79. The molecular weight excluding hydrogens is 364 g/mol. The van der Waals surface area contributed by atoms with Crippen LogP contribution in [0.2, 0.25) is 0 Å². The largest absolute Gasteiger partial charge is 0.490 e. The number of carbonyl (C=O) groups excluding carboxylic acids is 1. The summed E-state index contributed by atoms with van der Waals surface area (Å²) in [5.74, 6) is 1.25. The van der Waals surface area contributed by atoms with Gasteiger partial charge in [-0.3, -0.25) is 4.79 Å². The highest BCUT2D eigenvalue weighted by atomic mass is 16.5. The van der Waals surface area contributed by atoms with Gasteiger partial charge in [-0.2, -0.15) is 0 Å².